The standard InChI is InChI=1S/C21H15F3N4O8/c1-2-35-17-9-11(3-6-13-18(28(33)34)19(29)26-20(30)25-13)4-7-16(17)36-15-8-5-12(21(22,23)24)10-14(15)27(31)32/h3-10H,2H2,1H3,(H2,25,26,29,30)/b6-3-. The maximum atomic E-state index is 12.9. The lowest BCUT2D eigenvalue weighted by atomic mass is 10.1. The number of halogens is 3. The molecular formula is C21H15F3N4O8. The van der Waals surface area contributed by atoms with Gasteiger partial charge < -0.3 is 14.5 Å². The minimum atomic E-state index is -4.79. The van der Waals surface area contributed by atoms with E-state index in [0.29, 0.717) is 17.7 Å². The molecular weight excluding hydrogens is 493 g/mol. The Morgan fingerprint density at radius 1 is 0.944 bits per heavy atom. The first kappa shape index (κ1) is 25.7. The van der Waals surface area contributed by atoms with Crippen molar-refractivity contribution in [2.45, 2.75) is 13.1 Å². The summed E-state index contributed by atoms with van der Waals surface area (Å²) in [5, 5.41) is 22.5. The van der Waals surface area contributed by atoms with Crippen LogP contribution in [0.3, 0.4) is 0 Å². The Bertz CT molecular complexity index is 1480. The van der Waals surface area contributed by atoms with E-state index in [4.69, 9.17) is 9.47 Å². The van der Waals surface area contributed by atoms with E-state index in [0.717, 1.165) is 12.1 Å². The van der Waals surface area contributed by atoms with Gasteiger partial charge in [-0.2, -0.15) is 13.2 Å². The molecule has 0 unspecified atom stereocenters. The number of aromatic nitrogens is 2. The van der Waals surface area contributed by atoms with Crippen LogP contribution in [0.15, 0.2) is 46.0 Å². The molecule has 0 bridgehead atoms. The van der Waals surface area contributed by atoms with E-state index in [2.05, 4.69) is 4.98 Å². The normalized spacial score (nSPS) is 11.4. The first-order valence-corrected chi connectivity index (χ1v) is 9.90. The second-order valence-corrected chi connectivity index (χ2v) is 6.94. The van der Waals surface area contributed by atoms with Gasteiger partial charge in [0, 0.05) is 6.07 Å². The summed E-state index contributed by atoms with van der Waals surface area (Å²) >= 11 is 0. The SMILES string of the molecule is CCOc1cc(/C=C\c2[nH]c(=O)[nH]c(=O)c2[N+](=O)[O-])ccc1Oc1ccc(C(F)(F)F)cc1[N+](=O)[O-]. The molecule has 0 amide bonds. The molecule has 2 N–H and O–H groups in total. The number of benzene rings is 2. The van der Waals surface area contributed by atoms with Crippen molar-refractivity contribution in [2.24, 2.45) is 0 Å². The van der Waals surface area contributed by atoms with E-state index in [1.165, 1.54) is 24.3 Å². The topological polar surface area (TPSA) is 170 Å². The smallest absolute Gasteiger partial charge is 0.416 e. The first-order chi connectivity index (χ1) is 16.9. The van der Waals surface area contributed by atoms with Gasteiger partial charge in [-0.25, -0.2) is 4.79 Å². The number of nitrogens with one attached hydrogen (secondary N) is 2. The first-order valence-electron chi connectivity index (χ1n) is 9.90. The second kappa shape index (κ2) is 10.1. The maximum absolute atomic E-state index is 12.9. The number of rotatable bonds is 8. The highest BCUT2D eigenvalue weighted by Gasteiger charge is 2.33. The third-order valence-corrected chi connectivity index (χ3v) is 4.54. The summed E-state index contributed by atoms with van der Waals surface area (Å²) in [5.41, 5.74) is -5.19. The molecule has 1 heterocycles. The molecule has 0 aliphatic heterocycles. The van der Waals surface area contributed by atoms with Crippen molar-refractivity contribution in [1.29, 1.82) is 0 Å². The van der Waals surface area contributed by atoms with Crippen LogP contribution in [0.4, 0.5) is 24.5 Å². The Labute approximate surface area is 197 Å². The quantitative estimate of drug-likeness (QED) is 0.336. The molecule has 15 heteroatoms. The van der Waals surface area contributed by atoms with Crippen molar-refractivity contribution in [2.75, 3.05) is 6.61 Å². The lowest BCUT2D eigenvalue weighted by molar-refractivity contribution is -0.386. The molecule has 1 aromatic heterocycles. The zero-order chi connectivity index (χ0) is 26.6. The summed E-state index contributed by atoms with van der Waals surface area (Å²) in [6, 6.07) is 5.88. The fraction of sp³-hybridized carbons (Fsp3) is 0.143. The number of alkyl halides is 3. The van der Waals surface area contributed by atoms with Gasteiger partial charge in [0.1, 0.15) is 5.69 Å². The van der Waals surface area contributed by atoms with Crippen LogP contribution in [0.2, 0.25) is 0 Å². The summed E-state index contributed by atoms with van der Waals surface area (Å²) in [6.45, 7) is 1.74. The minimum Gasteiger partial charge on any atom is -0.490 e. The number of hydrogen-bond donors (Lipinski definition) is 2. The Balaban J connectivity index is 1.99. The van der Waals surface area contributed by atoms with Gasteiger partial charge in [-0.05, 0) is 42.8 Å². The number of nitro groups is 2. The molecule has 3 aromatic rings. The number of nitro benzene ring substituents is 1. The third-order valence-electron chi connectivity index (χ3n) is 4.54. The molecule has 3 rings (SSSR count). The summed E-state index contributed by atoms with van der Waals surface area (Å²) in [6.07, 6.45) is -2.37. The summed E-state index contributed by atoms with van der Waals surface area (Å²) in [7, 11) is 0. The van der Waals surface area contributed by atoms with Crippen LogP contribution in [0, 0.1) is 20.2 Å². The highest BCUT2D eigenvalue weighted by atomic mass is 19.4. The molecule has 0 atom stereocenters. The van der Waals surface area contributed by atoms with Crippen LogP contribution in [-0.2, 0) is 6.18 Å². The van der Waals surface area contributed by atoms with E-state index >= 15 is 0 Å². The fourth-order valence-corrected chi connectivity index (χ4v) is 3.00. The van der Waals surface area contributed by atoms with E-state index in [1.54, 1.807) is 11.9 Å². The zero-order valence-electron chi connectivity index (χ0n) is 18.1. The number of hydrogen-bond acceptors (Lipinski definition) is 8. The molecule has 0 saturated heterocycles. The number of nitrogens with zero attached hydrogens (tertiary/aromatic N) is 2. The van der Waals surface area contributed by atoms with Crippen LogP contribution < -0.4 is 20.7 Å². The van der Waals surface area contributed by atoms with E-state index < -0.39 is 50.0 Å². The average molecular weight is 508 g/mol. The molecule has 0 fully saturated rings. The molecule has 0 saturated carbocycles. The lowest BCUT2D eigenvalue weighted by Crippen LogP contribution is -2.25. The van der Waals surface area contributed by atoms with Crippen molar-refractivity contribution < 1.29 is 32.5 Å². The Kier molecular flexibility index (Phi) is 7.22. The average Bonchev–Trinajstić information content (AvgIpc) is 2.78. The van der Waals surface area contributed by atoms with E-state index in [-0.39, 0.29) is 23.8 Å². The highest BCUT2D eigenvalue weighted by Crippen LogP contribution is 2.40. The summed E-state index contributed by atoms with van der Waals surface area (Å²) in [4.78, 5) is 47.6. The second-order valence-electron chi connectivity index (χ2n) is 6.94. The van der Waals surface area contributed by atoms with Gasteiger partial charge in [0.2, 0.25) is 5.75 Å². The van der Waals surface area contributed by atoms with Gasteiger partial charge in [0.25, 0.3) is 0 Å². The summed E-state index contributed by atoms with van der Waals surface area (Å²) < 4.78 is 49.8. The van der Waals surface area contributed by atoms with Gasteiger partial charge >= 0.3 is 28.8 Å². The third kappa shape index (κ3) is 5.75. The van der Waals surface area contributed by atoms with Gasteiger partial charge in [-0.15, -0.1) is 0 Å². The Hall–Kier alpha value is -4.95. The molecule has 0 radical (unpaired) electrons. The molecule has 188 valence electrons. The van der Waals surface area contributed by atoms with Crippen molar-refractivity contribution in [3.05, 3.63) is 94.3 Å². The van der Waals surface area contributed by atoms with Crippen LogP contribution in [0.5, 0.6) is 17.2 Å². The minimum absolute atomic E-state index is 0.0442. The predicted octanol–water partition coefficient (Wildman–Crippen LogP) is 4.26. The molecule has 36 heavy (non-hydrogen) atoms. The number of aromatic amines is 2. The molecule has 0 spiro atoms. The predicted molar refractivity (Wildman–Crippen MR) is 119 cm³/mol. The van der Waals surface area contributed by atoms with Crippen molar-refractivity contribution >= 4 is 23.5 Å². The maximum Gasteiger partial charge on any atom is 0.416 e. The largest absolute Gasteiger partial charge is 0.490 e. The number of H-pyrrole nitrogens is 2. The van der Waals surface area contributed by atoms with Gasteiger partial charge in [0.15, 0.2) is 11.5 Å². The van der Waals surface area contributed by atoms with Gasteiger partial charge in [-0.3, -0.25) is 30.0 Å². The van der Waals surface area contributed by atoms with Crippen molar-refractivity contribution in [3.8, 4) is 17.2 Å². The van der Waals surface area contributed by atoms with Crippen LogP contribution in [0.1, 0.15) is 23.7 Å². The van der Waals surface area contributed by atoms with Crippen LogP contribution in [-0.4, -0.2) is 26.4 Å². The van der Waals surface area contributed by atoms with Gasteiger partial charge in [0.05, 0.1) is 22.0 Å². The molecule has 0 aliphatic rings. The van der Waals surface area contributed by atoms with E-state index in [9.17, 15) is 43.0 Å². The van der Waals surface area contributed by atoms with E-state index in [1.807, 2.05) is 0 Å². The Morgan fingerprint density at radius 3 is 2.25 bits per heavy atom. The van der Waals surface area contributed by atoms with Crippen molar-refractivity contribution in [3.63, 3.8) is 0 Å². The van der Waals surface area contributed by atoms with Gasteiger partial charge in [-0.1, -0.05) is 12.1 Å². The lowest BCUT2D eigenvalue weighted by Gasteiger charge is -2.13. The van der Waals surface area contributed by atoms with Crippen molar-refractivity contribution in [1.82, 2.24) is 9.97 Å². The molecule has 12 nitrogen and oxygen atoms in total. The monoisotopic (exact) mass is 508 g/mol. The molecule has 2 aromatic carbocycles. The zero-order valence-corrected chi connectivity index (χ0v) is 18.1. The fourth-order valence-electron chi connectivity index (χ4n) is 3.00. The highest BCUT2D eigenvalue weighted by molar-refractivity contribution is 5.72. The van der Waals surface area contributed by atoms with Crippen LogP contribution >= 0.6 is 0 Å². The number of ether oxygens (including phenoxy) is 2. The van der Waals surface area contributed by atoms with Crippen LogP contribution in [0.25, 0.3) is 12.2 Å². The summed E-state index contributed by atoms with van der Waals surface area (Å²) in [5.74, 6) is -0.482. The Morgan fingerprint density at radius 2 is 1.64 bits per heavy atom. The molecule has 0 aliphatic carbocycles.